The van der Waals surface area contributed by atoms with Crippen molar-refractivity contribution in [3.63, 3.8) is 0 Å². The van der Waals surface area contributed by atoms with E-state index in [4.69, 9.17) is 5.73 Å². The third kappa shape index (κ3) is 5.27. The number of aromatic nitrogens is 3. The molecule has 0 radical (unpaired) electrons. The minimum absolute atomic E-state index is 0.0606. The van der Waals surface area contributed by atoms with E-state index in [9.17, 15) is 17.6 Å². The number of ketones is 1. The maximum Gasteiger partial charge on any atom is 0.301 e. The van der Waals surface area contributed by atoms with Gasteiger partial charge in [-0.25, -0.2) is 18.7 Å². The van der Waals surface area contributed by atoms with Gasteiger partial charge in [-0.1, -0.05) is 6.92 Å². The summed E-state index contributed by atoms with van der Waals surface area (Å²) < 4.78 is 58.0. The van der Waals surface area contributed by atoms with Crippen LogP contribution < -0.4 is 15.4 Å². The van der Waals surface area contributed by atoms with E-state index >= 15 is 4.39 Å². The van der Waals surface area contributed by atoms with Crippen molar-refractivity contribution in [2.75, 3.05) is 36.3 Å². The number of carbonyl (C=O) groups is 1. The number of nitrogens with zero attached hydrogens (tertiary/aromatic N) is 4. The SMILES string of the molecule is CCN(C)S(=O)(=O)Nc1ccc(F)c(C(=O)c2c[nH]c3ccc(-c4ccc(N5CCC(N)CC5)nc4)nc23)c1F. The predicted octanol–water partition coefficient (Wildman–Crippen LogP) is 3.67. The number of rotatable bonds is 8. The van der Waals surface area contributed by atoms with E-state index in [2.05, 4.69) is 24.6 Å². The van der Waals surface area contributed by atoms with Gasteiger partial charge in [0, 0.05) is 50.7 Å². The Hall–Kier alpha value is -3.94. The smallest absolute Gasteiger partial charge is 0.301 e. The molecule has 0 saturated carbocycles. The lowest BCUT2D eigenvalue weighted by Crippen LogP contribution is -2.40. The van der Waals surface area contributed by atoms with Gasteiger partial charge >= 0.3 is 10.2 Å². The fourth-order valence-electron chi connectivity index (χ4n) is 4.55. The molecule has 3 aromatic heterocycles. The number of aromatic amines is 1. The van der Waals surface area contributed by atoms with Crippen LogP contribution in [0, 0.1) is 11.6 Å². The number of halogens is 2. The van der Waals surface area contributed by atoms with Crippen LogP contribution in [0.1, 0.15) is 35.7 Å². The highest BCUT2D eigenvalue weighted by molar-refractivity contribution is 7.90. The number of piperidine rings is 1. The van der Waals surface area contributed by atoms with Gasteiger partial charge in [-0.3, -0.25) is 9.52 Å². The van der Waals surface area contributed by atoms with Crippen LogP contribution in [-0.4, -0.2) is 66.2 Å². The molecule has 1 fully saturated rings. The second-order valence-electron chi connectivity index (χ2n) is 9.66. The lowest BCUT2D eigenvalue weighted by atomic mass is 10.0. The van der Waals surface area contributed by atoms with E-state index < -0.39 is 38.9 Å². The largest absolute Gasteiger partial charge is 0.359 e. The van der Waals surface area contributed by atoms with Crippen LogP contribution in [0.4, 0.5) is 20.3 Å². The Morgan fingerprint density at radius 1 is 1.18 bits per heavy atom. The quantitative estimate of drug-likeness (QED) is 0.275. The average Bonchev–Trinajstić information content (AvgIpc) is 3.38. The number of benzene rings is 1. The number of nitrogens with one attached hydrogen (secondary N) is 2. The molecule has 0 unspecified atom stereocenters. The third-order valence-corrected chi connectivity index (χ3v) is 8.64. The molecule has 0 atom stereocenters. The monoisotopic (exact) mass is 569 g/mol. The van der Waals surface area contributed by atoms with Gasteiger partial charge in [0.25, 0.3) is 0 Å². The Bertz CT molecular complexity index is 1670. The topological polar surface area (TPSA) is 137 Å². The first-order valence-corrected chi connectivity index (χ1v) is 14.2. The molecule has 1 aliphatic heterocycles. The number of carbonyl (C=O) groups excluding carboxylic acids is 1. The summed E-state index contributed by atoms with van der Waals surface area (Å²) in [5.41, 5.74) is 6.43. The molecular weight excluding hydrogens is 540 g/mol. The zero-order chi connectivity index (χ0) is 28.6. The Morgan fingerprint density at radius 2 is 1.93 bits per heavy atom. The van der Waals surface area contributed by atoms with Crippen LogP contribution in [0.5, 0.6) is 0 Å². The van der Waals surface area contributed by atoms with Crippen molar-refractivity contribution in [3.8, 4) is 11.3 Å². The lowest BCUT2D eigenvalue weighted by molar-refractivity contribution is 0.103. The first-order valence-electron chi connectivity index (χ1n) is 12.8. The molecule has 0 aliphatic carbocycles. The number of fused-ring (bicyclic) bond motifs is 1. The molecule has 1 aromatic carbocycles. The van der Waals surface area contributed by atoms with Gasteiger partial charge in [-0.05, 0) is 49.2 Å². The van der Waals surface area contributed by atoms with Crippen molar-refractivity contribution in [1.82, 2.24) is 19.3 Å². The Morgan fingerprint density at radius 3 is 2.60 bits per heavy atom. The van der Waals surface area contributed by atoms with Crippen molar-refractivity contribution in [1.29, 1.82) is 0 Å². The average molecular weight is 570 g/mol. The number of nitrogens with two attached hydrogens (primary N) is 1. The number of hydrogen-bond acceptors (Lipinski definition) is 7. The van der Waals surface area contributed by atoms with E-state index in [1.54, 1.807) is 25.3 Å². The minimum atomic E-state index is -4.10. The molecule has 4 N–H and O–H groups in total. The maximum absolute atomic E-state index is 15.4. The van der Waals surface area contributed by atoms with Crippen LogP contribution in [0.2, 0.25) is 0 Å². The highest BCUT2D eigenvalue weighted by Gasteiger charge is 2.27. The third-order valence-electron chi connectivity index (χ3n) is 7.09. The molecule has 10 nitrogen and oxygen atoms in total. The molecule has 4 heterocycles. The molecule has 210 valence electrons. The highest BCUT2D eigenvalue weighted by atomic mass is 32.2. The van der Waals surface area contributed by atoms with Crippen LogP contribution >= 0.6 is 0 Å². The molecule has 13 heteroatoms. The summed E-state index contributed by atoms with van der Waals surface area (Å²) in [5.74, 6) is -2.59. The van der Waals surface area contributed by atoms with Crippen molar-refractivity contribution < 1.29 is 22.0 Å². The van der Waals surface area contributed by atoms with Crippen LogP contribution in [0.25, 0.3) is 22.3 Å². The summed E-state index contributed by atoms with van der Waals surface area (Å²) in [5, 5.41) is 0. The summed E-state index contributed by atoms with van der Waals surface area (Å²) in [6.45, 7) is 3.39. The van der Waals surface area contributed by atoms with Gasteiger partial charge in [-0.2, -0.15) is 12.7 Å². The number of pyridine rings is 2. The summed E-state index contributed by atoms with van der Waals surface area (Å²) in [7, 11) is -2.80. The van der Waals surface area contributed by atoms with Crippen LogP contribution in [-0.2, 0) is 10.2 Å². The molecule has 1 saturated heterocycles. The van der Waals surface area contributed by atoms with Crippen molar-refractivity contribution >= 4 is 38.5 Å². The van der Waals surface area contributed by atoms with E-state index in [-0.39, 0.29) is 23.7 Å². The summed E-state index contributed by atoms with van der Waals surface area (Å²) in [4.78, 5) is 27.6. The van der Waals surface area contributed by atoms with Crippen LogP contribution in [0.15, 0.2) is 48.8 Å². The van der Waals surface area contributed by atoms with Gasteiger partial charge < -0.3 is 15.6 Å². The van der Waals surface area contributed by atoms with Gasteiger partial charge in [0.1, 0.15) is 11.6 Å². The molecule has 1 aliphatic rings. The molecule has 40 heavy (non-hydrogen) atoms. The Balaban J connectivity index is 1.46. The van der Waals surface area contributed by atoms with Gasteiger partial charge in [-0.15, -0.1) is 0 Å². The molecule has 4 aromatic rings. The summed E-state index contributed by atoms with van der Waals surface area (Å²) >= 11 is 0. The van der Waals surface area contributed by atoms with E-state index in [0.717, 1.165) is 48.2 Å². The van der Waals surface area contributed by atoms with E-state index in [0.29, 0.717) is 16.8 Å². The predicted molar refractivity (Wildman–Crippen MR) is 149 cm³/mol. The summed E-state index contributed by atoms with van der Waals surface area (Å²) in [6.07, 6.45) is 4.82. The zero-order valence-electron chi connectivity index (χ0n) is 22.0. The highest BCUT2D eigenvalue weighted by Crippen LogP contribution is 2.29. The zero-order valence-corrected chi connectivity index (χ0v) is 22.8. The lowest BCUT2D eigenvalue weighted by Gasteiger charge is -2.31. The fourth-order valence-corrected chi connectivity index (χ4v) is 5.48. The van der Waals surface area contributed by atoms with Crippen molar-refractivity contribution in [2.45, 2.75) is 25.8 Å². The summed E-state index contributed by atoms with van der Waals surface area (Å²) in [6, 6.07) is 9.23. The van der Waals surface area contributed by atoms with Crippen molar-refractivity contribution in [3.05, 3.63) is 71.6 Å². The van der Waals surface area contributed by atoms with Gasteiger partial charge in [0.15, 0.2) is 5.82 Å². The van der Waals surface area contributed by atoms with Gasteiger partial charge in [0.2, 0.25) is 5.78 Å². The minimum Gasteiger partial charge on any atom is -0.359 e. The number of anilines is 2. The number of H-pyrrole nitrogens is 1. The van der Waals surface area contributed by atoms with Crippen molar-refractivity contribution in [2.24, 2.45) is 5.73 Å². The molecule has 0 spiro atoms. The number of hydrogen-bond donors (Lipinski definition) is 3. The maximum atomic E-state index is 15.4. The first-order chi connectivity index (χ1) is 19.1. The second-order valence-corrected chi connectivity index (χ2v) is 11.4. The Kier molecular flexibility index (Phi) is 7.53. The Labute approximate surface area is 230 Å². The fraction of sp³-hybridized carbons (Fsp3) is 0.296. The molecular formula is C27H29F2N7O3S. The van der Waals surface area contributed by atoms with E-state index in [1.165, 1.54) is 13.2 Å². The molecule has 0 bridgehead atoms. The second kappa shape index (κ2) is 10.9. The normalized spacial score (nSPS) is 14.7. The molecule has 5 rings (SSSR count). The first kappa shape index (κ1) is 27.6. The van der Waals surface area contributed by atoms with Gasteiger partial charge in [0.05, 0.1) is 33.5 Å². The van der Waals surface area contributed by atoms with E-state index in [1.807, 2.05) is 12.1 Å². The molecule has 0 amide bonds. The van der Waals surface area contributed by atoms with Crippen LogP contribution in [0.3, 0.4) is 0 Å². The standard InChI is InChI=1S/C27H29F2N7O3S/c1-3-35(2)40(38,39)34-21-6-5-19(28)24(25(21)29)27(37)18-15-31-22-8-7-20(33-26(18)22)16-4-9-23(32-14-16)36-12-10-17(30)11-13-36/h4-9,14-15,17,31,34H,3,10-13,30H2,1-2H3.